The fraction of sp³-hybridized carbons (Fsp3) is 0.353. The van der Waals surface area contributed by atoms with E-state index in [1.807, 2.05) is 30.5 Å². The first-order chi connectivity index (χ1) is 11.7. The van der Waals surface area contributed by atoms with Crippen LogP contribution in [0.15, 0.2) is 43.1 Å². The topological polar surface area (TPSA) is 78.3 Å². The number of hydrogen-bond acceptors (Lipinski definition) is 5. The molecule has 0 bridgehead atoms. The molecule has 2 aromatic rings. The summed E-state index contributed by atoms with van der Waals surface area (Å²) in [6, 6.07) is 7.98. The Labute approximate surface area is 140 Å². The van der Waals surface area contributed by atoms with Gasteiger partial charge in [0.1, 0.15) is 11.8 Å². The van der Waals surface area contributed by atoms with Gasteiger partial charge in [0.15, 0.2) is 0 Å². The number of benzene rings is 1. The number of rotatable bonds is 8. The van der Waals surface area contributed by atoms with Crippen molar-refractivity contribution in [2.45, 2.75) is 19.1 Å². The molecule has 7 nitrogen and oxygen atoms in total. The minimum atomic E-state index is -0.155. The van der Waals surface area contributed by atoms with Crippen LogP contribution in [0.25, 0.3) is 5.69 Å². The zero-order valence-corrected chi connectivity index (χ0v) is 13.4. The second-order valence-corrected chi connectivity index (χ2v) is 5.54. The third-order valence-corrected chi connectivity index (χ3v) is 3.71. The smallest absolute Gasteiger partial charge is 0.243 e. The highest BCUT2D eigenvalue weighted by Gasteiger charge is 2.19. The summed E-state index contributed by atoms with van der Waals surface area (Å²) in [7, 11) is 0. The molecule has 1 fully saturated rings. The lowest BCUT2D eigenvalue weighted by atomic mass is 10.1. The predicted octanol–water partition coefficient (Wildman–Crippen LogP) is 1.03. The van der Waals surface area contributed by atoms with Crippen molar-refractivity contribution in [1.82, 2.24) is 20.3 Å². The quantitative estimate of drug-likeness (QED) is 0.732. The van der Waals surface area contributed by atoms with Crippen molar-refractivity contribution in [2.75, 3.05) is 19.8 Å². The largest absolute Gasteiger partial charge is 0.376 e. The molecule has 1 aromatic carbocycles. The summed E-state index contributed by atoms with van der Waals surface area (Å²) in [6.45, 7) is 5.76. The Morgan fingerprint density at radius 3 is 2.88 bits per heavy atom. The van der Waals surface area contributed by atoms with Crippen molar-refractivity contribution in [3.8, 4) is 5.69 Å². The lowest BCUT2D eigenvalue weighted by molar-refractivity contribution is -0.135. The predicted molar refractivity (Wildman–Crippen MR) is 87.7 cm³/mol. The summed E-state index contributed by atoms with van der Waals surface area (Å²) < 4.78 is 12.4. The molecule has 7 heteroatoms. The van der Waals surface area contributed by atoms with Crippen LogP contribution >= 0.6 is 0 Å². The van der Waals surface area contributed by atoms with Gasteiger partial charge in [-0.1, -0.05) is 23.9 Å². The van der Waals surface area contributed by atoms with E-state index in [4.69, 9.17) is 9.47 Å². The molecular weight excluding hydrogens is 308 g/mol. The molecule has 0 aliphatic carbocycles. The van der Waals surface area contributed by atoms with Crippen molar-refractivity contribution in [3.05, 3.63) is 54.4 Å². The molecule has 1 N–H and O–H groups in total. The molecule has 0 saturated carbocycles. The minimum Gasteiger partial charge on any atom is -0.376 e. The Morgan fingerprint density at radius 1 is 1.42 bits per heavy atom. The number of carbonyl (C=O) groups is 1. The van der Waals surface area contributed by atoms with Crippen molar-refractivity contribution >= 4 is 5.91 Å². The maximum atomic E-state index is 11.1. The lowest BCUT2D eigenvalue weighted by Gasteiger charge is -2.25. The van der Waals surface area contributed by atoms with Crippen LogP contribution in [-0.2, 0) is 27.3 Å². The van der Waals surface area contributed by atoms with Crippen molar-refractivity contribution < 1.29 is 14.3 Å². The van der Waals surface area contributed by atoms with Crippen LogP contribution in [0.2, 0.25) is 0 Å². The molecule has 2 heterocycles. The number of carbonyl (C=O) groups excluding carboxylic acids is 1. The van der Waals surface area contributed by atoms with Gasteiger partial charge >= 0.3 is 0 Å². The average Bonchev–Trinajstić information content (AvgIpc) is 3.03. The van der Waals surface area contributed by atoms with Gasteiger partial charge in [-0.25, -0.2) is 4.68 Å². The molecule has 1 saturated heterocycles. The van der Waals surface area contributed by atoms with Gasteiger partial charge in [0.2, 0.25) is 5.91 Å². The molecule has 0 unspecified atom stereocenters. The number of hydrogen-bond donors (Lipinski definition) is 1. The van der Waals surface area contributed by atoms with Crippen molar-refractivity contribution in [1.29, 1.82) is 0 Å². The molecule has 24 heavy (non-hydrogen) atoms. The SMILES string of the molecule is C=CC(=O)NCCc1ccc(-n2cc(COC3COC3)nn2)cc1. The first-order valence-electron chi connectivity index (χ1n) is 7.85. The number of nitrogens with zero attached hydrogens (tertiary/aromatic N) is 3. The molecule has 1 aliphatic rings. The van der Waals surface area contributed by atoms with Crippen LogP contribution < -0.4 is 5.32 Å². The zero-order valence-electron chi connectivity index (χ0n) is 13.4. The number of ether oxygens (including phenoxy) is 2. The van der Waals surface area contributed by atoms with Crippen molar-refractivity contribution in [2.24, 2.45) is 0 Å². The highest BCUT2D eigenvalue weighted by molar-refractivity contribution is 5.86. The van der Waals surface area contributed by atoms with E-state index < -0.39 is 0 Å². The summed E-state index contributed by atoms with van der Waals surface area (Å²) in [5.74, 6) is -0.155. The van der Waals surface area contributed by atoms with E-state index in [0.717, 1.165) is 23.4 Å². The zero-order chi connectivity index (χ0) is 16.8. The van der Waals surface area contributed by atoms with Gasteiger partial charge < -0.3 is 14.8 Å². The van der Waals surface area contributed by atoms with E-state index >= 15 is 0 Å². The average molecular weight is 328 g/mol. The van der Waals surface area contributed by atoms with Crippen molar-refractivity contribution in [3.63, 3.8) is 0 Å². The molecule has 1 aromatic heterocycles. The van der Waals surface area contributed by atoms with Crippen LogP contribution in [0.3, 0.4) is 0 Å². The molecule has 0 atom stereocenters. The second kappa shape index (κ2) is 7.85. The molecule has 1 aliphatic heterocycles. The molecule has 126 valence electrons. The summed E-state index contributed by atoms with van der Waals surface area (Å²) in [5, 5.41) is 11.0. The maximum absolute atomic E-state index is 11.1. The highest BCUT2D eigenvalue weighted by atomic mass is 16.6. The Kier molecular flexibility index (Phi) is 5.35. The van der Waals surface area contributed by atoms with Crippen LogP contribution in [0, 0.1) is 0 Å². The van der Waals surface area contributed by atoms with Gasteiger partial charge in [0.05, 0.1) is 31.7 Å². The van der Waals surface area contributed by atoms with E-state index in [1.165, 1.54) is 6.08 Å². The van der Waals surface area contributed by atoms with Crippen LogP contribution in [0.4, 0.5) is 0 Å². The first-order valence-corrected chi connectivity index (χ1v) is 7.85. The Morgan fingerprint density at radius 2 is 2.21 bits per heavy atom. The van der Waals surface area contributed by atoms with Crippen LogP contribution in [0.1, 0.15) is 11.3 Å². The normalized spacial score (nSPS) is 14.2. The number of amides is 1. The van der Waals surface area contributed by atoms with Gasteiger partial charge in [-0.15, -0.1) is 5.10 Å². The lowest BCUT2D eigenvalue weighted by Crippen LogP contribution is -2.35. The summed E-state index contributed by atoms with van der Waals surface area (Å²) in [4.78, 5) is 11.1. The molecule has 0 radical (unpaired) electrons. The monoisotopic (exact) mass is 328 g/mol. The van der Waals surface area contributed by atoms with E-state index in [2.05, 4.69) is 22.2 Å². The van der Waals surface area contributed by atoms with Gasteiger partial charge in [-0.05, 0) is 30.2 Å². The third kappa shape index (κ3) is 4.27. The Hall–Kier alpha value is -2.51. The van der Waals surface area contributed by atoms with Crippen LogP contribution in [-0.4, -0.2) is 46.8 Å². The molecule has 0 spiro atoms. The highest BCUT2D eigenvalue weighted by Crippen LogP contribution is 2.12. The van der Waals surface area contributed by atoms with E-state index in [-0.39, 0.29) is 12.0 Å². The van der Waals surface area contributed by atoms with Gasteiger partial charge in [0.25, 0.3) is 0 Å². The van der Waals surface area contributed by atoms with E-state index in [1.54, 1.807) is 4.68 Å². The third-order valence-electron chi connectivity index (χ3n) is 3.71. The van der Waals surface area contributed by atoms with Gasteiger partial charge in [-0.3, -0.25) is 4.79 Å². The number of aromatic nitrogens is 3. The van der Waals surface area contributed by atoms with E-state index in [9.17, 15) is 4.79 Å². The minimum absolute atomic E-state index is 0.155. The van der Waals surface area contributed by atoms with E-state index in [0.29, 0.717) is 26.4 Å². The van der Waals surface area contributed by atoms with Gasteiger partial charge in [-0.2, -0.15) is 0 Å². The maximum Gasteiger partial charge on any atom is 0.243 e. The summed E-state index contributed by atoms with van der Waals surface area (Å²) in [5.41, 5.74) is 2.86. The first kappa shape index (κ1) is 16.4. The Balaban J connectivity index is 1.52. The molecule has 1 amide bonds. The number of nitrogens with one attached hydrogen (secondary N) is 1. The second-order valence-electron chi connectivity index (χ2n) is 5.54. The molecule has 3 rings (SSSR count). The van der Waals surface area contributed by atoms with Gasteiger partial charge in [0, 0.05) is 6.54 Å². The van der Waals surface area contributed by atoms with Crippen LogP contribution in [0.5, 0.6) is 0 Å². The fourth-order valence-electron chi connectivity index (χ4n) is 2.22. The fourth-order valence-corrected chi connectivity index (χ4v) is 2.22. The summed E-state index contributed by atoms with van der Waals surface area (Å²) >= 11 is 0. The standard InChI is InChI=1S/C17H20N4O3/c1-2-17(22)18-8-7-13-3-5-15(6-4-13)21-9-14(19-20-21)10-24-16-11-23-12-16/h2-6,9,16H,1,7-8,10-12H2,(H,18,22). The Bertz CT molecular complexity index is 692. The molecular formula is C17H20N4O3. The summed E-state index contributed by atoms with van der Waals surface area (Å²) in [6.07, 6.45) is 4.07.